The van der Waals surface area contributed by atoms with Gasteiger partial charge in [-0.25, -0.2) is 0 Å². The first kappa shape index (κ1) is 11.6. The maximum absolute atomic E-state index is 6.00. The van der Waals surface area contributed by atoms with Crippen molar-refractivity contribution in [3.63, 3.8) is 0 Å². The van der Waals surface area contributed by atoms with Crippen LogP contribution in [0.25, 0.3) is 0 Å². The fourth-order valence-corrected chi connectivity index (χ4v) is 1.99. The van der Waals surface area contributed by atoms with Crippen LogP contribution in [0.5, 0.6) is 0 Å². The lowest BCUT2D eigenvalue weighted by atomic mass is 10.3. The van der Waals surface area contributed by atoms with Gasteiger partial charge in [-0.15, -0.1) is 0 Å². The standard InChI is InChI=1S/C11H17ClN4/c12-10-9-14-2-1-11(10)15-5-8-16-6-3-13-4-7-16/h1-2,9,13H,3-8H2,(H,14,15). The lowest BCUT2D eigenvalue weighted by Crippen LogP contribution is -2.45. The Labute approximate surface area is 101 Å². The average molecular weight is 241 g/mol. The molecular formula is C11H17ClN4. The van der Waals surface area contributed by atoms with Crippen LogP contribution < -0.4 is 10.6 Å². The van der Waals surface area contributed by atoms with E-state index in [9.17, 15) is 0 Å². The van der Waals surface area contributed by atoms with Crippen LogP contribution in [-0.2, 0) is 0 Å². The third-order valence-corrected chi connectivity index (χ3v) is 3.03. The molecule has 88 valence electrons. The number of nitrogens with one attached hydrogen (secondary N) is 2. The fraction of sp³-hybridized carbons (Fsp3) is 0.545. The van der Waals surface area contributed by atoms with Gasteiger partial charge in [-0.3, -0.25) is 9.88 Å². The molecule has 0 saturated carbocycles. The molecule has 0 aromatic carbocycles. The minimum absolute atomic E-state index is 0.683. The summed E-state index contributed by atoms with van der Waals surface area (Å²) in [6.45, 7) is 6.42. The van der Waals surface area contributed by atoms with Gasteiger partial charge >= 0.3 is 0 Å². The summed E-state index contributed by atoms with van der Waals surface area (Å²) in [5.74, 6) is 0. The summed E-state index contributed by atoms with van der Waals surface area (Å²) in [4.78, 5) is 6.40. The van der Waals surface area contributed by atoms with E-state index in [2.05, 4.69) is 20.5 Å². The Kier molecular flexibility index (Phi) is 4.39. The quantitative estimate of drug-likeness (QED) is 0.826. The molecule has 1 fully saturated rings. The molecule has 4 nitrogen and oxygen atoms in total. The number of aromatic nitrogens is 1. The summed E-state index contributed by atoms with van der Waals surface area (Å²) >= 11 is 6.00. The first-order valence-electron chi connectivity index (χ1n) is 5.63. The summed E-state index contributed by atoms with van der Waals surface area (Å²) in [7, 11) is 0. The number of hydrogen-bond acceptors (Lipinski definition) is 4. The molecule has 1 saturated heterocycles. The Morgan fingerprint density at radius 2 is 2.25 bits per heavy atom. The van der Waals surface area contributed by atoms with Gasteiger partial charge in [0.1, 0.15) is 0 Å². The second-order valence-corrected chi connectivity index (χ2v) is 4.28. The first-order valence-corrected chi connectivity index (χ1v) is 6.00. The monoisotopic (exact) mass is 240 g/mol. The SMILES string of the molecule is Clc1cnccc1NCCN1CCNCC1. The van der Waals surface area contributed by atoms with Crippen molar-refractivity contribution in [1.82, 2.24) is 15.2 Å². The normalized spacial score (nSPS) is 17.3. The number of pyridine rings is 1. The minimum atomic E-state index is 0.683. The third-order valence-electron chi connectivity index (χ3n) is 2.73. The number of nitrogens with zero attached hydrogens (tertiary/aromatic N) is 2. The van der Waals surface area contributed by atoms with Crippen LogP contribution in [0.1, 0.15) is 0 Å². The molecule has 1 aliphatic heterocycles. The van der Waals surface area contributed by atoms with Crippen LogP contribution in [-0.4, -0.2) is 49.2 Å². The molecule has 2 rings (SSSR count). The second-order valence-electron chi connectivity index (χ2n) is 3.87. The van der Waals surface area contributed by atoms with Crippen molar-refractivity contribution in [3.05, 3.63) is 23.5 Å². The Bertz CT molecular complexity index is 326. The van der Waals surface area contributed by atoms with Crippen molar-refractivity contribution in [1.29, 1.82) is 0 Å². The maximum atomic E-state index is 6.00. The molecule has 0 atom stereocenters. The van der Waals surface area contributed by atoms with E-state index in [-0.39, 0.29) is 0 Å². The van der Waals surface area contributed by atoms with Crippen LogP contribution in [0, 0.1) is 0 Å². The first-order chi connectivity index (χ1) is 7.86. The number of piperazine rings is 1. The fourth-order valence-electron chi connectivity index (χ4n) is 1.80. The zero-order valence-electron chi connectivity index (χ0n) is 9.25. The molecule has 1 aliphatic rings. The van der Waals surface area contributed by atoms with Gasteiger partial charge in [0.2, 0.25) is 0 Å². The lowest BCUT2D eigenvalue weighted by molar-refractivity contribution is 0.249. The number of rotatable bonds is 4. The molecule has 0 spiro atoms. The van der Waals surface area contributed by atoms with Gasteiger partial charge in [0.25, 0.3) is 0 Å². The topological polar surface area (TPSA) is 40.2 Å². The van der Waals surface area contributed by atoms with Gasteiger partial charge < -0.3 is 10.6 Å². The molecule has 2 N–H and O–H groups in total. The molecule has 0 aliphatic carbocycles. The Morgan fingerprint density at radius 1 is 1.44 bits per heavy atom. The van der Waals surface area contributed by atoms with Crippen molar-refractivity contribution in [2.45, 2.75) is 0 Å². The van der Waals surface area contributed by atoms with Crippen LogP contribution >= 0.6 is 11.6 Å². The van der Waals surface area contributed by atoms with Gasteiger partial charge in [-0.2, -0.15) is 0 Å². The summed E-state index contributed by atoms with van der Waals surface area (Å²) in [5, 5.41) is 7.35. The molecule has 16 heavy (non-hydrogen) atoms. The van der Waals surface area contributed by atoms with Crippen molar-refractivity contribution in [2.75, 3.05) is 44.6 Å². The Balaban J connectivity index is 1.73. The number of anilines is 1. The summed E-state index contributed by atoms with van der Waals surface area (Å²) in [6.07, 6.45) is 3.41. The van der Waals surface area contributed by atoms with Crippen LogP contribution in [0.3, 0.4) is 0 Å². The highest BCUT2D eigenvalue weighted by molar-refractivity contribution is 6.33. The van der Waals surface area contributed by atoms with E-state index < -0.39 is 0 Å². The van der Waals surface area contributed by atoms with Crippen molar-refractivity contribution >= 4 is 17.3 Å². The molecule has 1 aromatic rings. The van der Waals surface area contributed by atoms with E-state index in [0.717, 1.165) is 45.0 Å². The highest BCUT2D eigenvalue weighted by Gasteiger charge is 2.08. The third kappa shape index (κ3) is 3.33. The van der Waals surface area contributed by atoms with E-state index in [1.165, 1.54) is 0 Å². The molecular weight excluding hydrogens is 224 g/mol. The molecule has 2 heterocycles. The molecule has 0 amide bonds. The van der Waals surface area contributed by atoms with Gasteiger partial charge in [0, 0.05) is 51.7 Å². The number of halogens is 1. The van der Waals surface area contributed by atoms with Crippen LogP contribution in [0.15, 0.2) is 18.5 Å². The van der Waals surface area contributed by atoms with Crippen LogP contribution in [0.4, 0.5) is 5.69 Å². The zero-order chi connectivity index (χ0) is 11.2. The molecule has 5 heteroatoms. The summed E-state index contributed by atoms with van der Waals surface area (Å²) in [6, 6.07) is 1.90. The second kappa shape index (κ2) is 6.03. The van der Waals surface area contributed by atoms with Crippen molar-refractivity contribution in [2.24, 2.45) is 0 Å². The van der Waals surface area contributed by atoms with Crippen molar-refractivity contribution in [3.8, 4) is 0 Å². The van der Waals surface area contributed by atoms with E-state index in [4.69, 9.17) is 11.6 Å². The maximum Gasteiger partial charge on any atom is 0.0820 e. The molecule has 0 unspecified atom stereocenters. The number of hydrogen-bond donors (Lipinski definition) is 2. The molecule has 0 radical (unpaired) electrons. The minimum Gasteiger partial charge on any atom is -0.382 e. The van der Waals surface area contributed by atoms with Gasteiger partial charge in [-0.1, -0.05) is 11.6 Å². The zero-order valence-corrected chi connectivity index (χ0v) is 10.0. The van der Waals surface area contributed by atoms with E-state index in [0.29, 0.717) is 5.02 Å². The average Bonchev–Trinajstić information content (AvgIpc) is 2.33. The predicted molar refractivity (Wildman–Crippen MR) is 67.0 cm³/mol. The van der Waals surface area contributed by atoms with E-state index in [1.807, 2.05) is 6.07 Å². The van der Waals surface area contributed by atoms with E-state index >= 15 is 0 Å². The Hall–Kier alpha value is -0.840. The largest absolute Gasteiger partial charge is 0.382 e. The highest BCUT2D eigenvalue weighted by Crippen LogP contribution is 2.18. The van der Waals surface area contributed by atoms with Gasteiger partial charge in [0.15, 0.2) is 0 Å². The lowest BCUT2D eigenvalue weighted by Gasteiger charge is -2.27. The Morgan fingerprint density at radius 3 is 3.00 bits per heavy atom. The van der Waals surface area contributed by atoms with Gasteiger partial charge in [-0.05, 0) is 6.07 Å². The predicted octanol–water partition coefficient (Wildman–Crippen LogP) is 1.05. The van der Waals surface area contributed by atoms with Crippen molar-refractivity contribution < 1.29 is 0 Å². The highest BCUT2D eigenvalue weighted by atomic mass is 35.5. The smallest absolute Gasteiger partial charge is 0.0820 e. The van der Waals surface area contributed by atoms with E-state index in [1.54, 1.807) is 12.4 Å². The summed E-state index contributed by atoms with van der Waals surface area (Å²) < 4.78 is 0. The summed E-state index contributed by atoms with van der Waals surface area (Å²) in [5.41, 5.74) is 0.965. The van der Waals surface area contributed by atoms with Gasteiger partial charge in [0.05, 0.1) is 10.7 Å². The van der Waals surface area contributed by atoms with Crippen LogP contribution in [0.2, 0.25) is 5.02 Å². The molecule has 1 aromatic heterocycles. The molecule has 0 bridgehead atoms.